The Kier molecular flexibility index (Phi) is 4.35. The number of halogens is 2. The number of hydrogen-bond donors (Lipinski definition) is 1. The molecular formula is C16H15ClFN5O. The topological polar surface area (TPSA) is 60.8 Å². The molecule has 1 aromatic heterocycles. The summed E-state index contributed by atoms with van der Waals surface area (Å²) < 4.78 is 13.4. The van der Waals surface area contributed by atoms with E-state index in [1.54, 1.807) is 30.2 Å². The number of aromatic nitrogens is 1. The van der Waals surface area contributed by atoms with Gasteiger partial charge in [0.2, 0.25) is 5.91 Å². The lowest BCUT2D eigenvalue weighted by Gasteiger charge is -2.20. The van der Waals surface area contributed by atoms with E-state index in [0.29, 0.717) is 27.9 Å². The van der Waals surface area contributed by atoms with Crippen molar-refractivity contribution in [2.24, 2.45) is 5.10 Å². The molecule has 3 heterocycles. The molecule has 0 bridgehead atoms. The van der Waals surface area contributed by atoms with Crippen LogP contribution in [0.15, 0.2) is 53.1 Å². The number of nitrogens with one attached hydrogen (secondary N) is 1. The fraction of sp³-hybridized carbons (Fsp3) is 0.188. The first-order valence-electron chi connectivity index (χ1n) is 7.21. The van der Waals surface area contributed by atoms with Crippen LogP contribution in [0.3, 0.4) is 0 Å². The van der Waals surface area contributed by atoms with Crippen molar-refractivity contribution in [1.29, 1.82) is 0 Å². The fourth-order valence-corrected chi connectivity index (χ4v) is 2.38. The Labute approximate surface area is 143 Å². The second kappa shape index (κ2) is 6.45. The largest absolute Gasteiger partial charge is 0.350 e. The van der Waals surface area contributed by atoms with Crippen LogP contribution in [0.5, 0.6) is 0 Å². The second-order valence-corrected chi connectivity index (χ2v) is 5.77. The molecule has 2 aliphatic rings. The zero-order valence-corrected chi connectivity index (χ0v) is 13.7. The number of amides is 1. The SMILES string of the molecule is C=C1N(CC(=O)NCc2cnc(C)c(F)c2)N=C2C=C(Cl)C=CN12. The van der Waals surface area contributed by atoms with Crippen LogP contribution in [0.25, 0.3) is 0 Å². The number of pyridine rings is 1. The molecule has 6 nitrogen and oxygen atoms in total. The van der Waals surface area contributed by atoms with Gasteiger partial charge in [-0.25, -0.2) is 9.40 Å². The van der Waals surface area contributed by atoms with E-state index in [2.05, 4.69) is 22.0 Å². The molecule has 3 rings (SSSR count). The van der Waals surface area contributed by atoms with E-state index in [4.69, 9.17) is 11.6 Å². The normalized spacial score (nSPS) is 16.0. The molecule has 2 aliphatic heterocycles. The minimum absolute atomic E-state index is 0.0000948. The van der Waals surface area contributed by atoms with E-state index in [9.17, 15) is 9.18 Å². The Bertz CT molecular complexity index is 802. The number of hydrogen-bond acceptors (Lipinski definition) is 5. The zero-order valence-electron chi connectivity index (χ0n) is 13.0. The van der Waals surface area contributed by atoms with Crippen LogP contribution >= 0.6 is 11.6 Å². The zero-order chi connectivity index (χ0) is 17.3. The Morgan fingerprint density at radius 1 is 1.50 bits per heavy atom. The minimum atomic E-state index is -0.395. The van der Waals surface area contributed by atoms with E-state index in [-0.39, 0.29) is 19.0 Å². The summed E-state index contributed by atoms with van der Waals surface area (Å²) in [5.74, 6) is 0.499. The smallest absolute Gasteiger partial charge is 0.242 e. The molecule has 0 fully saturated rings. The van der Waals surface area contributed by atoms with E-state index in [1.807, 2.05) is 0 Å². The molecule has 1 amide bonds. The van der Waals surface area contributed by atoms with E-state index in [0.717, 1.165) is 0 Å². The van der Waals surface area contributed by atoms with Crippen molar-refractivity contribution >= 4 is 23.3 Å². The average molecular weight is 348 g/mol. The first-order chi connectivity index (χ1) is 11.4. The summed E-state index contributed by atoms with van der Waals surface area (Å²) >= 11 is 5.93. The number of hydrazone groups is 1. The third-order valence-corrected chi connectivity index (χ3v) is 3.80. The van der Waals surface area contributed by atoms with Crippen molar-refractivity contribution in [2.75, 3.05) is 6.54 Å². The summed E-state index contributed by atoms with van der Waals surface area (Å²) in [5.41, 5.74) is 0.916. The van der Waals surface area contributed by atoms with E-state index >= 15 is 0 Å². The molecule has 0 spiro atoms. The summed E-state index contributed by atoms with van der Waals surface area (Å²) in [7, 11) is 0. The van der Waals surface area contributed by atoms with Gasteiger partial charge in [-0.3, -0.25) is 14.7 Å². The summed E-state index contributed by atoms with van der Waals surface area (Å²) in [5, 5.41) is 9.04. The van der Waals surface area contributed by atoms with Crippen molar-refractivity contribution in [3.05, 3.63) is 65.1 Å². The van der Waals surface area contributed by atoms with Crippen LogP contribution in [0, 0.1) is 12.7 Å². The van der Waals surface area contributed by atoms with Crippen LogP contribution in [-0.2, 0) is 11.3 Å². The van der Waals surface area contributed by atoms with Crippen LogP contribution in [-0.4, -0.2) is 33.2 Å². The van der Waals surface area contributed by atoms with Crippen LogP contribution in [0.2, 0.25) is 0 Å². The van der Waals surface area contributed by atoms with Gasteiger partial charge in [0.25, 0.3) is 0 Å². The molecule has 0 atom stereocenters. The molecule has 124 valence electrons. The Hall–Kier alpha value is -2.67. The van der Waals surface area contributed by atoms with E-state index in [1.165, 1.54) is 17.3 Å². The maximum atomic E-state index is 13.4. The third kappa shape index (κ3) is 3.30. The number of rotatable bonds is 4. The van der Waals surface area contributed by atoms with Gasteiger partial charge in [-0.15, -0.1) is 0 Å². The van der Waals surface area contributed by atoms with Crippen LogP contribution in [0.4, 0.5) is 4.39 Å². The molecule has 0 saturated heterocycles. The van der Waals surface area contributed by atoms with Gasteiger partial charge in [0, 0.05) is 30.0 Å². The van der Waals surface area contributed by atoms with Gasteiger partial charge < -0.3 is 5.32 Å². The number of fused-ring (bicyclic) bond motifs is 1. The fourth-order valence-electron chi connectivity index (χ4n) is 2.23. The van der Waals surface area contributed by atoms with Gasteiger partial charge in [-0.05, 0) is 24.6 Å². The molecule has 24 heavy (non-hydrogen) atoms. The number of aryl methyl sites for hydroxylation is 1. The number of nitrogens with zero attached hydrogens (tertiary/aromatic N) is 4. The number of carbonyl (C=O) groups excluding carboxylic acids is 1. The van der Waals surface area contributed by atoms with Crippen molar-refractivity contribution in [3.63, 3.8) is 0 Å². The molecule has 0 aliphatic carbocycles. The highest BCUT2D eigenvalue weighted by Gasteiger charge is 2.27. The predicted molar refractivity (Wildman–Crippen MR) is 89.0 cm³/mol. The highest BCUT2D eigenvalue weighted by molar-refractivity contribution is 6.33. The maximum Gasteiger partial charge on any atom is 0.242 e. The molecule has 0 aromatic carbocycles. The van der Waals surface area contributed by atoms with E-state index < -0.39 is 5.82 Å². The standard InChI is InChI=1S/C16H15ClFN5O/c1-10-14(18)5-12(7-19-10)8-20-16(24)9-23-11(2)22-4-3-13(17)6-15(22)21-23/h3-7H,2,8-9H2,1H3,(H,20,24). The predicted octanol–water partition coefficient (Wildman–Crippen LogP) is 2.20. The first kappa shape index (κ1) is 16.2. The molecule has 0 radical (unpaired) electrons. The highest BCUT2D eigenvalue weighted by atomic mass is 35.5. The quantitative estimate of drug-likeness (QED) is 0.907. The van der Waals surface area contributed by atoms with Crippen molar-refractivity contribution in [3.8, 4) is 0 Å². The van der Waals surface area contributed by atoms with Gasteiger partial charge >= 0.3 is 0 Å². The molecule has 0 unspecified atom stereocenters. The average Bonchev–Trinajstić information content (AvgIpc) is 2.84. The van der Waals surface area contributed by atoms with Crippen LogP contribution < -0.4 is 5.32 Å². The lowest BCUT2D eigenvalue weighted by molar-refractivity contribution is -0.122. The highest BCUT2D eigenvalue weighted by Crippen LogP contribution is 2.24. The maximum absolute atomic E-state index is 13.4. The van der Waals surface area contributed by atoms with Crippen molar-refractivity contribution in [1.82, 2.24) is 20.2 Å². The third-order valence-electron chi connectivity index (χ3n) is 3.56. The Balaban J connectivity index is 1.58. The lowest BCUT2D eigenvalue weighted by Crippen LogP contribution is -2.34. The molecular weight excluding hydrogens is 333 g/mol. The van der Waals surface area contributed by atoms with Gasteiger partial charge in [-0.2, -0.15) is 5.10 Å². The Morgan fingerprint density at radius 3 is 3.04 bits per heavy atom. The summed E-state index contributed by atoms with van der Waals surface area (Å²) in [4.78, 5) is 17.7. The summed E-state index contributed by atoms with van der Waals surface area (Å²) in [6.07, 6.45) is 6.67. The minimum Gasteiger partial charge on any atom is -0.350 e. The number of amidine groups is 1. The number of allylic oxidation sites excluding steroid dienone is 2. The summed E-state index contributed by atoms with van der Waals surface area (Å²) in [6.45, 7) is 5.68. The number of carbonyl (C=O) groups is 1. The van der Waals surface area contributed by atoms with Crippen molar-refractivity contribution in [2.45, 2.75) is 13.5 Å². The van der Waals surface area contributed by atoms with Gasteiger partial charge in [0.05, 0.1) is 5.69 Å². The lowest BCUT2D eigenvalue weighted by atomic mass is 10.2. The molecule has 1 aromatic rings. The van der Waals surface area contributed by atoms with Gasteiger partial charge in [0.15, 0.2) is 5.84 Å². The van der Waals surface area contributed by atoms with Crippen molar-refractivity contribution < 1.29 is 9.18 Å². The first-order valence-corrected chi connectivity index (χ1v) is 7.59. The monoisotopic (exact) mass is 347 g/mol. The molecule has 0 saturated carbocycles. The second-order valence-electron chi connectivity index (χ2n) is 5.33. The summed E-state index contributed by atoms with van der Waals surface area (Å²) in [6, 6.07) is 1.36. The van der Waals surface area contributed by atoms with Gasteiger partial charge in [0.1, 0.15) is 18.2 Å². The molecule has 8 heteroatoms. The Morgan fingerprint density at radius 2 is 2.29 bits per heavy atom. The molecule has 1 N–H and O–H groups in total. The van der Waals surface area contributed by atoms with Crippen LogP contribution in [0.1, 0.15) is 11.3 Å². The van der Waals surface area contributed by atoms with Gasteiger partial charge in [-0.1, -0.05) is 18.2 Å².